The van der Waals surface area contributed by atoms with Crippen LogP contribution in [0.5, 0.6) is 0 Å². The number of nitrogens with one attached hydrogen (secondary N) is 1. The minimum Gasteiger partial charge on any atom is -0.444 e. The first-order valence-corrected chi connectivity index (χ1v) is 7.06. The lowest BCUT2D eigenvalue weighted by Crippen LogP contribution is -2.33. The SMILES string of the molecule is CC(N)Cc1cccc(CCNC(=O)OC(C)(C)C)c1. The van der Waals surface area contributed by atoms with E-state index in [1.165, 1.54) is 11.1 Å². The molecule has 1 aromatic carbocycles. The molecule has 3 N–H and O–H groups in total. The number of ether oxygens (including phenoxy) is 1. The van der Waals surface area contributed by atoms with Crippen molar-refractivity contribution in [2.75, 3.05) is 6.54 Å². The van der Waals surface area contributed by atoms with Crippen LogP contribution >= 0.6 is 0 Å². The molecule has 0 aliphatic carbocycles. The van der Waals surface area contributed by atoms with Crippen molar-refractivity contribution in [2.45, 2.75) is 52.2 Å². The van der Waals surface area contributed by atoms with Gasteiger partial charge in [-0.3, -0.25) is 0 Å². The molecule has 1 amide bonds. The summed E-state index contributed by atoms with van der Waals surface area (Å²) in [6, 6.07) is 8.46. The molecule has 20 heavy (non-hydrogen) atoms. The van der Waals surface area contributed by atoms with Crippen molar-refractivity contribution in [1.29, 1.82) is 0 Å². The van der Waals surface area contributed by atoms with E-state index in [9.17, 15) is 4.79 Å². The van der Waals surface area contributed by atoms with Gasteiger partial charge >= 0.3 is 6.09 Å². The van der Waals surface area contributed by atoms with Crippen molar-refractivity contribution >= 4 is 6.09 Å². The highest BCUT2D eigenvalue weighted by Crippen LogP contribution is 2.09. The zero-order valence-corrected chi connectivity index (χ0v) is 12.9. The maximum atomic E-state index is 11.5. The second-order valence-electron chi connectivity index (χ2n) is 6.18. The van der Waals surface area contributed by atoms with Crippen LogP contribution < -0.4 is 11.1 Å². The second-order valence-corrected chi connectivity index (χ2v) is 6.18. The van der Waals surface area contributed by atoms with Gasteiger partial charge in [0.1, 0.15) is 5.60 Å². The van der Waals surface area contributed by atoms with Crippen LogP contribution in [-0.4, -0.2) is 24.3 Å². The van der Waals surface area contributed by atoms with E-state index in [-0.39, 0.29) is 12.1 Å². The molecule has 1 unspecified atom stereocenters. The minimum absolute atomic E-state index is 0.158. The largest absolute Gasteiger partial charge is 0.444 e. The molecule has 0 saturated heterocycles. The zero-order valence-electron chi connectivity index (χ0n) is 12.9. The Morgan fingerprint density at radius 1 is 1.35 bits per heavy atom. The van der Waals surface area contributed by atoms with E-state index < -0.39 is 5.60 Å². The molecule has 4 nitrogen and oxygen atoms in total. The molecule has 1 rings (SSSR count). The van der Waals surface area contributed by atoms with Crippen LogP contribution in [0.25, 0.3) is 0 Å². The lowest BCUT2D eigenvalue weighted by Gasteiger charge is -2.19. The summed E-state index contributed by atoms with van der Waals surface area (Å²) in [5, 5.41) is 2.76. The Bertz CT molecular complexity index is 436. The summed E-state index contributed by atoms with van der Waals surface area (Å²) in [6.07, 6.45) is 1.28. The minimum atomic E-state index is -0.457. The van der Waals surface area contributed by atoms with Gasteiger partial charge in [0.25, 0.3) is 0 Å². The highest BCUT2D eigenvalue weighted by atomic mass is 16.6. The van der Waals surface area contributed by atoms with Gasteiger partial charge in [-0.15, -0.1) is 0 Å². The van der Waals surface area contributed by atoms with Crippen LogP contribution in [0.4, 0.5) is 4.79 Å². The van der Waals surface area contributed by atoms with Crippen molar-refractivity contribution < 1.29 is 9.53 Å². The van der Waals surface area contributed by atoms with E-state index in [1.54, 1.807) is 0 Å². The third kappa shape index (κ3) is 7.14. The number of carbonyl (C=O) groups is 1. The summed E-state index contributed by atoms with van der Waals surface area (Å²) in [4.78, 5) is 11.5. The standard InChI is InChI=1S/C16H26N2O2/c1-12(17)10-14-7-5-6-13(11-14)8-9-18-15(19)20-16(2,3)4/h5-7,11-12H,8-10,17H2,1-4H3,(H,18,19). The van der Waals surface area contributed by atoms with E-state index in [0.717, 1.165) is 12.8 Å². The van der Waals surface area contributed by atoms with E-state index in [1.807, 2.05) is 33.8 Å². The maximum Gasteiger partial charge on any atom is 0.407 e. The molecule has 112 valence electrons. The van der Waals surface area contributed by atoms with Crippen LogP contribution in [0, 0.1) is 0 Å². The van der Waals surface area contributed by atoms with Crippen molar-refractivity contribution in [3.8, 4) is 0 Å². The number of carbonyl (C=O) groups excluding carboxylic acids is 1. The Labute approximate surface area is 121 Å². The Kier molecular flexibility index (Phi) is 6.02. The van der Waals surface area contributed by atoms with Crippen molar-refractivity contribution in [3.63, 3.8) is 0 Å². The number of hydrogen-bond donors (Lipinski definition) is 2. The molecule has 1 aromatic rings. The van der Waals surface area contributed by atoms with Gasteiger partial charge in [-0.25, -0.2) is 4.79 Å². The Balaban J connectivity index is 2.40. The summed E-state index contributed by atoms with van der Waals surface area (Å²) in [5.41, 5.74) is 7.77. The molecule has 0 aliphatic rings. The van der Waals surface area contributed by atoms with Gasteiger partial charge in [0.05, 0.1) is 0 Å². The predicted octanol–water partition coefficient (Wildman–Crippen LogP) is 2.64. The first kappa shape index (κ1) is 16.5. The Hall–Kier alpha value is -1.55. The quantitative estimate of drug-likeness (QED) is 0.870. The van der Waals surface area contributed by atoms with Gasteiger partial charge in [0.2, 0.25) is 0 Å². The first-order valence-electron chi connectivity index (χ1n) is 7.06. The molecule has 0 aromatic heterocycles. The highest BCUT2D eigenvalue weighted by Gasteiger charge is 2.15. The van der Waals surface area contributed by atoms with Gasteiger partial charge in [0.15, 0.2) is 0 Å². The average Bonchev–Trinajstić information content (AvgIpc) is 2.25. The normalized spacial score (nSPS) is 12.8. The first-order chi connectivity index (χ1) is 9.26. The number of benzene rings is 1. The van der Waals surface area contributed by atoms with Gasteiger partial charge < -0.3 is 15.8 Å². The van der Waals surface area contributed by atoms with Gasteiger partial charge in [-0.1, -0.05) is 24.3 Å². The number of alkyl carbamates (subject to hydrolysis) is 1. The number of hydrogen-bond acceptors (Lipinski definition) is 3. The third-order valence-electron chi connectivity index (χ3n) is 2.63. The van der Waals surface area contributed by atoms with Crippen LogP contribution in [-0.2, 0) is 17.6 Å². The summed E-state index contributed by atoms with van der Waals surface area (Å²) in [7, 11) is 0. The van der Waals surface area contributed by atoms with E-state index in [4.69, 9.17) is 10.5 Å². The molecule has 0 aliphatic heterocycles. The fourth-order valence-electron chi connectivity index (χ4n) is 1.91. The van der Waals surface area contributed by atoms with Crippen molar-refractivity contribution in [1.82, 2.24) is 5.32 Å². The van der Waals surface area contributed by atoms with Gasteiger partial charge in [0, 0.05) is 12.6 Å². The molecule has 0 bridgehead atoms. The van der Waals surface area contributed by atoms with Crippen molar-refractivity contribution in [2.24, 2.45) is 5.73 Å². The van der Waals surface area contributed by atoms with Crippen LogP contribution in [0.3, 0.4) is 0 Å². The number of amides is 1. The molecule has 0 spiro atoms. The predicted molar refractivity (Wildman–Crippen MR) is 81.7 cm³/mol. The molecule has 0 fully saturated rings. The second kappa shape index (κ2) is 7.29. The van der Waals surface area contributed by atoms with Crippen LogP contribution in [0.15, 0.2) is 24.3 Å². The van der Waals surface area contributed by atoms with Gasteiger partial charge in [-0.2, -0.15) is 0 Å². The molecule has 0 radical (unpaired) electrons. The summed E-state index contributed by atoms with van der Waals surface area (Å²) in [5.74, 6) is 0. The smallest absolute Gasteiger partial charge is 0.407 e. The fourth-order valence-corrected chi connectivity index (χ4v) is 1.91. The molecular formula is C16H26N2O2. The summed E-state index contributed by atoms with van der Waals surface area (Å²) >= 11 is 0. The van der Waals surface area contributed by atoms with Crippen LogP contribution in [0.1, 0.15) is 38.8 Å². The molecule has 1 atom stereocenters. The lowest BCUT2D eigenvalue weighted by molar-refractivity contribution is 0.0528. The molecular weight excluding hydrogens is 252 g/mol. The number of rotatable bonds is 5. The summed E-state index contributed by atoms with van der Waals surface area (Å²) < 4.78 is 5.19. The monoisotopic (exact) mass is 278 g/mol. The topological polar surface area (TPSA) is 64.3 Å². The average molecular weight is 278 g/mol. The summed E-state index contributed by atoms with van der Waals surface area (Å²) in [6.45, 7) is 8.12. The molecule has 0 heterocycles. The zero-order chi connectivity index (χ0) is 15.2. The van der Waals surface area contributed by atoms with Gasteiger partial charge in [-0.05, 0) is 51.7 Å². The Morgan fingerprint density at radius 2 is 2.00 bits per heavy atom. The van der Waals surface area contributed by atoms with E-state index in [2.05, 4.69) is 23.5 Å². The number of nitrogens with two attached hydrogens (primary N) is 1. The highest BCUT2D eigenvalue weighted by molar-refractivity contribution is 5.67. The Morgan fingerprint density at radius 3 is 2.60 bits per heavy atom. The maximum absolute atomic E-state index is 11.5. The lowest BCUT2D eigenvalue weighted by atomic mass is 10.0. The van der Waals surface area contributed by atoms with Crippen molar-refractivity contribution in [3.05, 3.63) is 35.4 Å². The molecule has 0 saturated carbocycles. The van der Waals surface area contributed by atoms with E-state index >= 15 is 0 Å². The third-order valence-corrected chi connectivity index (χ3v) is 2.63. The van der Waals surface area contributed by atoms with Crippen LogP contribution in [0.2, 0.25) is 0 Å². The fraction of sp³-hybridized carbons (Fsp3) is 0.562. The molecule has 4 heteroatoms. The van der Waals surface area contributed by atoms with E-state index in [0.29, 0.717) is 6.54 Å².